The van der Waals surface area contributed by atoms with Crippen molar-refractivity contribution < 1.29 is 23.1 Å². The van der Waals surface area contributed by atoms with Crippen LogP contribution in [0, 0.1) is 0 Å². The highest BCUT2D eigenvalue weighted by Gasteiger charge is 2.33. The van der Waals surface area contributed by atoms with Crippen LogP contribution in [-0.4, -0.2) is 55.8 Å². The van der Waals surface area contributed by atoms with Crippen LogP contribution in [0.5, 0.6) is 0 Å². The molecule has 1 aromatic carbocycles. The topological polar surface area (TPSA) is 118 Å². The zero-order valence-corrected chi connectivity index (χ0v) is 18.5. The van der Waals surface area contributed by atoms with E-state index in [1.807, 2.05) is 6.07 Å². The number of ether oxygens (including phenoxy) is 1. The number of carbonyl (C=O) groups is 1. The highest BCUT2D eigenvalue weighted by atomic mass is 35.5. The fourth-order valence-electron chi connectivity index (χ4n) is 3.46. The van der Waals surface area contributed by atoms with E-state index < -0.39 is 22.2 Å². The molecule has 3 N–H and O–H groups in total. The van der Waals surface area contributed by atoms with Crippen molar-refractivity contribution in [3.05, 3.63) is 59.4 Å². The van der Waals surface area contributed by atoms with Crippen LogP contribution in [0.2, 0.25) is 5.02 Å². The van der Waals surface area contributed by atoms with Crippen LogP contribution >= 0.6 is 11.6 Å². The number of benzene rings is 1. The second-order valence-corrected chi connectivity index (χ2v) is 9.53. The molecule has 0 saturated carbocycles. The molecule has 0 radical (unpaired) electrons. The predicted octanol–water partition coefficient (Wildman–Crippen LogP) is 1.67. The Kier molecular flexibility index (Phi) is 8.39. The summed E-state index contributed by atoms with van der Waals surface area (Å²) < 4.78 is 33.7. The van der Waals surface area contributed by atoms with Gasteiger partial charge >= 0.3 is 0 Å². The van der Waals surface area contributed by atoms with Gasteiger partial charge in [0, 0.05) is 23.5 Å². The summed E-state index contributed by atoms with van der Waals surface area (Å²) in [6.07, 6.45) is 2.71. The van der Waals surface area contributed by atoms with Gasteiger partial charge in [0.15, 0.2) is 0 Å². The van der Waals surface area contributed by atoms with Gasteiger partial charge in [-0.1, -0.05) is 17.7 Å². The number of nitrogens with one attached hydrogen (secondary N) is 2. The Labute approximate surface area is 187 Å². The van der Waals surface area contributed by atoms with Gasteiger partial charge in [0.05, 0.1) is 36.2 Å². The lowest BCUT2D eigenvalue weighted by Gasteiger charge is -2.36. The third-order valence-electron chi connectivity index (χ3n) is 5.08. The fourth-order valence-corrected chi connectivity index (χ4v) is 4.89. The minimum absolute atomic E-state index is 0.103. The zero-order chi connectivity index (χ0) is 22.3. The maximum absolute atomic E-state index is 12.6. The first-order valence-corrected chi connectivity index (χ1v) is 11.9. The highest BCUT2D eigenvalue weighted by molar-refractivity contribution is 7.89. The smallest absolute Gasteiger partial charge is 0.240 e. The molecule has 2 heterocycles. The van der Waals surface area contributed by atoms with Gasteiger partial charge in [0.2, 0.25) is 15.9 Å². The van der Waals surface area contributed by atoms with E-state index in [0.29, 0.717) is 36.5 Å². The Morgan fingerprint density at radius 2 is 1.97 bits per heavy atom. The number of amides is 1. The molecule has 10 heteroatoms. The molecular formula is C21H26ClN3O5S. The highest BCUT2D eigenvalue weighted by Crippen LogP contribution is 2.23. The Hall–Kier alpha value is -2.04. The number of aromatic nitrogens is 1. The molecule has 168 valence electrons. The molecule has 0 aliphatic carbocycles. The minimum Gasteiger partial charge on any atom is -0.394 e. The summed E-state index contributed by atoms with van der Waals surface area (Å²) in [5, 5.41) is 13.0. The normalized spacial score (nSPS) is 21.5. The summed E-state index contributed by atoms with van der Waals surface area (Å²) in [5.41, 5.74) is 0.699. The van der Waals surface area contributed by atoms with Crippen molar-refractivity contribution in [3.8, 4) is 0 Å². The third-order valence-corrected chi connectivity index (χ3v) is 6.84. The van der Waals surface area contributed by atoms with Crippen molar-refractivity contribution in [1.82, 2.24) is 15.0 Å². The van der Waals surface area contributed by atoms with Crippen LogP contribution < -0.4 is 10.0 Å². The predicted molar refractivity (Wildman–Crippen MR) is 116 cm³/mol. The third kappa shape index (κ3) is 6.98. The number of hydrogen-bond donors (Lipinski definition) is 3. The Balaban J connectivity index is 1.46. The number of carbonyl (C=O) groups excluding carboxylic acids is 1. The van der Waals surface area contributed by atoms with Gasteiger partial charge in [-0.3, -0.25) is 9.78 Å². The van der Waals surface area contributed by atoms with Gasteiger partial charge in [-0.25, -0.2) is 13.1 Å². The first kappa shape index (κ1) is 23.6. The van der Waals surface area contributed by atoms with E-state index in [1.54, 1.807) is 18.3 Å². The second-order valence-electron chi connectivity index (χ2n) is 7.37. The quantitative estimate of drug-likeness (QED) is 0.516. The van der Waals surface area contributed by atoms with Crippen molar-refractivity contribution >= 4 is 27.5 Å². The Bertz CT molecular complexity index is 957. The van der Waals surface area contributed by atoms with E-state index >= 15 is 0 Å². The molecule has 1 aromatic heterocycles. The lowest BCUT2D eigenvalue weighted by atomic mass is 9.98. The summed E-state index contributed by atoms with van der Waals surface area (Å²) in [4.78, 5) is 16.3. The number of nitrogens with zero attached hydrogens (tertiary/aromatic N) is 1. The number of aliphatic hydroxyl groups excluding tert-OH is 1. The molecule has 1 aliphatic heterocycles. The molecule has 0 unspecified atom stereocenters. The van der Waals surface area contributed by atoms with Crippen LogP contribution in [-0.2, 0) is 26.0 Å². The lowest BCUT2D eigenvalue weighted by Crippen LogP contribution is -2.51. The lowest BCUT2D eigenvalue weighted by molar-refractivity contribution is -0.121. The number of pyridine rings is 1. The summed E-state index contributed by atoms with van der Waals surface area (Å²) in [6.45, 7) is 0.117. The molecule has 1 saturated heterocycles. The molecule has 3 atom stereocenters. The molecule has 2 aromatic rings. The van der Waals surface area contributed by atoms with E-state index in [0.717, 1.165) is 0 Å². The zero-order valence-electron chi connectivity index (χ0n) is 16.9. The molecule has 0 bridgehead atoms. The maximum Gasteiger partial charge on any atom is 0.240 e. The molecule has 1 fully saturated rings. The van der Waals surface area contributed by atoms with Gasteiger partial charge in [0.1, 0.15) is 0 Å². The molecule has 0 spiro atoms. The van der Waals surface area contributed by atoms with E-state index in [-0.39, 0.29) is 29.9 Å². The number of sulfonamides is 1. The first-order valence-electron chi connectivity index (χ1n) is 10.1. The van der Waals surface area contributed by atoms with E-state index in [2.05, 4.69) is 15.0 Å². The standard InChI is InChI=1S/C21H26ClN3O5S/c22-15-4-7-18(8-5-15)31(28,29)25-19-9-6-17(30-20(19)14-26)10-12-24-21(27)13-16-3-1-2-11-23-16/h1-5,7-8,11,17,19-20,25-26H,6,9-10,12-14H2,(H,24,27)/t17-,19+,20+/m0/s1. The van der Waals surface area contributed by atoms with Crippen molar-refractivity contribution in [2.75, 3.05) is 13.2 Å². The molecule has 1 amide bonds. The van der Waals surface area contributed by atoms with E-state index in [1.165, 1.54) is 24.3 Å². The summed E-state index contributed by atoms with van der Waals surface area (Å²) in [5.74, 6) is -0.123. The molecule has 3 rings (SSSR count). The Morgan fingerprint density at radius 1 is 1.19 bits per heavy atom. The van der Waals surface area contributed by atoms with Crippen LogP contribution in [0.25, 0.3) is 0 Å². The average Bonchev–Trinajstić information content (AvgIpc) is 2.75. The maximum atomic E-state index is 12.6. The monoisotopic (exact) mass is 467 g/mol. The van der Waals surface area contributed by atoms with Gasteiger partial charge in [-0.15, -0.1) is 0 Å². The van der Waals surface area contributed by atoms with Crippen LogP contribution in [0.1, 0.15) is 25.0 Å². The van der Waals surface area contributed by atoms with Crippen LogP contribution in [0.15, 0.2) is 53.6 Å². The number of halogens is 1. The average molecular weight is 468 g/mol. The summed E-state index contributed by atoms with van der Waals surface area (Å²) in [7, 11) is -3.76. The van der Waals surface area contributed by atoms with Gasteiger partial charge in [-0.2, -0.15) is 0 Å². The SMILES string of the molecule is O=C(Cc1ccccn1)NCC[C@@H]1CC[C@@H](NS(=O)(=O)c2ccc(Cl)cc2)[C@@H](CO)O1. The number of hydrogen-bond acceptors (Lipinski definition) is 6. The summed E-state index contributed by atoms with van der Waals surface area (Å²) >= 11 is 5.82. The second kappa shape index (κ2) is 11.0. The van der Waals surface area contributed by atoms with Gasteiger partial charge in [-0.05, 0) is 55.7 Å². The molecular weight excluding hydrogens is 442 g/mol. The van der Waals surface area contributed by atoms with Gasteiger partial charge in [0.25, 0.3) is 0 Å². The molecule has 1 aliphatic rings. The van der Waals surface area contributed by atoms with Crippen LogP contribution in [0.4, 0.5) is 0 Å². The number of aliphatic hydroxyl groups is 1. The molecule has 31 heavy (non-hydrogen) atoms. The largest absolute Gasteiger partial charge is 0.394 e. The fraction of sp³-hybridized carbons (Fsp3) is 0.429. The van der Waals surface area contributed by atoms with E-state index in [4.69, 9.17) is 16.3 Å². The minimum atomic E-state index is -3.76. The van der Waals surface area contributed by atoms with Crippen molar-refractivity contribution in [2.24, 2.45) is 0 Å². The first-order chi connectivity index (χ1) is 14.9. The van der Waals surface area contributed by atoms with Crippen molar-refractivity contribution in [3.63, 3.8) is 0 Å². The van der Waals surface area contributed by atoms with E-state index in [9.17, 15) is 18.3 Å². The summed E-state index contributed by atoms with van der Waals surface area (Å²) in [6, 6.07) is 10.8. The Morgan fingerprint density at radius 3 is 2.65 bits per heavy atom. The van der Waals surface area contributed by atoms with Crippen LogP contribution in [0.3, 0.4) is 0 Å². The number of rotatable bonds is 9. The van der Waals surface area contributed by atoms with Crippen molar-refractivity contribution in [2.45, 2.75) is 48.8 Å². The van der Waals surface area contributed by atoms with Gasteiger partial charge < -0.3 is 15.2 Å². The van der Waals surface area contributed by atoms with Crippen molar-refractivity contribution in [1.29, 1.82) is 0 Å². The molecule has 8 nitrogen and oxygen atoms in total.